The number of fused-ring (bicyclic) bond motifs is 1. The zero-order valence-electron chi connectivity index (χ0n) is 17.1. The van der Waals surface area contributed by atoms with Crippen LogP contribution in [-0.4, -0.2) is 20.9 Å². The molecule has 31 heavy (non-hydrogen) atoms. The van der Waals surface area contributed by atoms with E-state index in [0.29, 0.717) is 29.9 Å². The molecule has 0 bridgehead atoms. The van der Waals surface area contributed by atoms with E-state index in [4.69, 9.17) is 0 Å². The van der Waals surface area contributed by atoms with Gasteiger partial charge in [-0.15, -0.1) is 0 Å². The van der Waals surface area contributed by atoms with E-state index in [9.17, 15) is 17.6 Å². The van der Waals surface area contributed by atoms with Crippen LogP contribution in [0.25, 0.3) is 0 Å². The van der Waals surface area contributed by atoms with Crippen LogP contribution in [0.2, 0.25) is 0 Å². The smallest absolute Gasteiger partial charge is 0.264 e. The third-order valence-electron chi connectivity index (χ3n) is 5.33. The molecule has 0 unspecified atom stereocenters. The van der Waals surface area contributed by atoms with E-state index in [2.05, 4.69) is 5.32 Å². The molecule has 0 saturated carbocycles. The number of sulfonamides is 1. The second-order valence-corrected chi connectivity index (χ2v) is 9.55. The summed E-state index contributed by atoms with van der Waals surface area (Å²) >= 11 is 0. The van der Waals surface area contributed by atoms with Gasteiger partial charge < -0.3 is 5.32 Å². The molecule has 1 heterocycles. The van der Waals surface area contributed by atoms with Crippen molar-refractivity contribution in [2.75, 3.05) is 16.2 Å². The van der Waals surface area contributed by atoms with Crippen molar-refractivity contribution in [3.63, 3.8) is 0 Å². The van der Waals surface area contributed by atoms with Gasteiger partial charge in [-0.1, -0.05) is 29.8 Å². The number of anilines is 2. The standard InChI is InChI=1S/C24H23FN2O3S/c1-17-4-11-22(12-5-17)31(29,30)27-14-2-3-19-16-21(10-13-23(19)27)26-24(28)15-18-6-8-20(25)9-7-18/h4-13,16H,2-3,14-15H2,1H3,(H,26,28). The monoisotopic (exact) mass is 438 g/mol. The first kappa shape index (κ1) is 21.1. The van der Waals surface area contributed by atoms with E-state index in [0.717, 1.165) is 17.5 Å². The molecule has 5 nitrogen and oxygen atoms in total. The lowest BCUT2D eigenvalue weighted by Crippen LogP contribution is -2.35. The molecule has 1 aliphatic rings. The fraction of sp³-hybridized carbons (Fsp3) is 0.208. The average Bonchev–Trinajstić information content (AvgIpc) is 2.75. The SMILES string of the molecule is Cc1ccc(S(=O)(=O)N2CCCc3cc(NC(=O)Cc4ccc(F)cc4)ccc32)cc1. The van der Waals surface area contributed by atoms with E-state index in [1.165, 1.54) is 16.4 Å². The molecule has 1 aliphatic heterocycles. The summed E-state index contributed by atoms with van der Waals surface area (Å²) in [4.78, 5) is 12.6. The van der Waals surface area contributed by atoms with Crippen molar-refractivity contribution in [3.05, 3.63) is 89.2 Å². The molecule has 0 saturated heterocycles. The normalized spacial score (nSPS) is 13.5. The highest BCUT2D eigenvalue weighted by Crippen LogP contribution is 2.33. The Morgan fingerprint density at radius 2 is 1.74 bits per heavy atom. The van der Waals surface area contributed by atoms with Crippen molar-refractivity contribution in [2.24, 2.45) is 0 Å². The lowest BCUT2D eigenvalue weighted by Gasteiger charge is -2.31. The van der Waals surface area contributed by atoms with E-state index in [1.807, 2.05) is 13.0 Å². The van der Waals surface area contributed by atoms with Crippen molar-refractivity contribution in [3.8, 4) is 0 Å². The lowest BCUT2D eigenvalue weighted by atomic mass is 10.0. The van der Waals surface area contributed by atoms with Crippen LogP contribution >= 0.6 is 0 Å². The number of nitrogens with one attached hydrogen (secondary N) is 1. The summed E-state index contributed by atoms with van der Waals surface area (Å²) in [5.41, 5.74) is 3.84. The van der Waals surface area contributed by atoms with E-state index in [-0.39, 0.29) is 23.0 Å². The molecule has 160 valence electrons. The van der Waals surface area contributed by atoms with Crippen LogP contribution in [0.15, 0.2) is 71.6 Å². The van der Waals surface area contributed by atoms with Gasteiger partial charge in [-0.2, -0.15) is 0 Å². The highest BCUT2D eigenvalue weighted by molar-refractivity contribution is 7.92. The van der Waals surface area contributed by atoms with Gasteiger partial charge in [0.1, 0.15) is 5.82 Å². The third kappa shape index (κ3) is 4.61. The molecule has 1 N–H and O–H groups in total. The van der Waals surface area contributed by atoms with E-state index >= 15 is 0 Å². The van der Waals surface area contributed by atoms with Gasteiger partial charge in [-0.25, -0.2) is 12.8 Å². The molecule has 0 atom stereocenters. The van der Waals surface area contributed by atoms with Gasteiger partial charge in [0.15, 0.2) is 0 Å². The van der Waals surface area contributed by atoms with E-state index in [1.54, 1.807) is 48.5 Å². The Hall–Kier alpha value is -3.19. The van der Waals surface area contributed by atoms with Crippen molar-refractivity contribution in [1.29, 1.82) is 0 Å². The number of nitrogens with zero attached hydrogens (tertiary/aromatic N) is 1. The minimum atomic E-state index is -3.66. The summed E-state index contributed by atoms with van der Waals surface area (Å²) in [5.74, 6) is -0.560. The molecule has 1 amide bonds. The molecule has 7 heteroatoms. The average molecular weight is 439 g/mol. The second kappa shape index (κ2) is 8.51. The van der Waals surface area contributed by atoms with Gasteiger partial charge in [0.25, 0.3) is 10.0 Å². The fourth-order valence-electron chi connectivity index (χ4n) is 3.72. The van der Waals surface area contributed by atoms with Gasteiger partial charge in [-0.3, -0.25) is 9.10 Å². The highest BCUT2D eigenvalue weighted by atomic mass is 32.2. The molecule has 0 fully saturated rings. The molecule has 3 aromatic rings. The Balaban J connectivity index is 1.53. The Morgan fingerprint density at radius 3 is 2.45 bits per heavy atom. The first-order valence-electron chi connectivity index (χ1n) is 10.1. The molecule has 0 radical (unpaired) electrons. The quantitative estimate of drug-likeness (QED) is 0.640. The third-order valence-corrected chi connectivity index (χ3v) is 7.15. The van der Waals surface area contributed by atoms with Gasteiger partial charge in [0.05, 0.1) is 17.0 Å². The zero-order chi connectivity index (χ0) is 22.0. The summed E-state index contributed by atoms with van der Waals surface area (Å²) < 4.78 is 40.8. The molecular formula is C24H23FN2O3S. The number of rotatable bonds is 5. The largest absolute Gasteiger partial charge is 0.326 e. The predicted molar refractivity (Wildman–Crippen MR) is 119 cm³/mol. The van der Waals surface area contributed by atoms with Gasteiger partial charge in [0, 0.05) is 12.2 Å². The number of halogens is 1. The summed E-state index contributed by atoms with van der Waals surface area (Å²) in [7, 11) is -3.66. The van der Waals surface area contributed by atoms with Crippen LogP contribution < -0.4 is 9.62 Å². The van der Waals surface area contributed by atoms with Crippen molar-refractivity contribution in [1.82, 2.24) is 0 Å². The number of hydrogen-bond donors (Lipinski definition) is 1. The highest BCUT2D eigenvalue weighted by Gasteiger charge is 2.29. The van der Waals surface area contributed by atoms with Crippen LogP contribution in [0, 0.1) is 12.7 Å². The Labute approximate surface area is 181 Å². The van der Waals surface area contributed by atoms with Crippen LogP contribution in [-0.2, 0) is 27.7 Å². The summed E-state index contributed by atoms with van der Waals surface area (Å²) in [5, 5.41) is 2.85. The lowest BCUT2D eigenvalue weighted by molar-refractivity contribution is -0.115. The van der Waals surface area contributed by atoms with E-state index < -0.39 is 10.0 Å². The number of carbonyl (C=O) groups is 1. The van der Waals surface area contributed by atoms with Crippen molar-refractivity contribution in [2.45, 2.75) is 31.1 Å². The van der Waals surface area contributed by atoms with Gasteiger partial charge in [-0.05, 0) is 73.4 Å². The maximum Gasteiger partial charge on any atom is 0.264 e. The molecule has 3 aromatic carbocycles. The molecule has 0 spiro atoms. The maximum atomic E-state index is 13.2. The molecular weight excluding hydrogens is 415 g/mol. The minimum Gasteiger partial charge on any atom is -0.326 e. The summed E-state index contributed by atoms with van der Waals surface area (Å²) in [6, 6.07) is 17.9. The minimum absolute atomic E-state index is 0.130. The summed E-state index contributed by atoms with van der Waals surface area (Å²) in [6.07, 6.45) is 1.56. The van der Waals surface area contributed by atoms with Crippen LogP contribution in [0.5, 0.6) is 0 Å². The van der Waals surface area contributed by atoms with Gasteiger partial charge in [0.2, 0.25) is 5.91 Å². The summed E-state index contributed by atoms with van der Waals surface area (Å²) in [6.45, 7) is 2.33. The topological polar surface area (TPSA) is 66.5 Å². The van der Waals surface area contributed by atoms with Crippen molar-refractivity contribution >= 4 is 27.3 Å². The number of amides is 1. The Bertz CT molecular complexity index is 1210. The fourth-order valence-corrected chi connectivity index (χ4v) is 5.26. The van der Waals surface area contributed by atoms with Crippen LogP contribution in [0.3, 0.4) is 0 Å². The first-order valence-corrected chi connectivity index (χ1v) is 11.5. The second-order valence-electron chi connectivity index (χ2n) is 7.69. The Kier molecular flexibility index (Phi) is 5.78. The number of benzene rings is 3. The van der Waals surface area contributed by atoms with Gasteiger partial charge >= 0.3 is 0 Å². The number of aryl methyl sites for hydroxylation is 2. The first-order chi connectivity index (χ1) is 14.8. The predicted octanol–water partition coefficient (Wildman–Crippen LogP) is 4.46. The van der Waals surface area contributed by atoms with Crippen LogP contribution in [0.4, 0.5) is 15.8 Å². The maximum absolute atomic E-state index is 13.2. The zero-order valence-corrected chi connectivity index (χ0v) is 18.0. The van der Waals surface area contributed by atoms with Crippen molar-refractivity contribution < 1.29 is 17.6 Å². The number of hydrogen-bond acceptors (Lipinski definition) is 3. The molecule has 0 aliphatic carbocycles. The molecule has 0 aromatic heterocycles. The van der Waals surface area contributed by atoms with Crippen LogP contribution in [0.1, 0.15) is 23.1 Å². The Morgan fingerprint density at radius 1 is 1.03 bits per heavy atom. The molecule has 4 rings (SSSR count). The number of carbonyl (C=O) groups excluding carboxylic acids is 1.